The molecule has 0 spiro atoms. The largest absolute Gasteiger partial charge is 0.493 e. The van der Waals surface area contributed by atoms with Crippen LogP contribution in [0.5, 0.6) is 28.9 Å². The Labute approximate surface area is 206 Å². The molecular weight excluding hydrogens is 469 g/mol. The number of H-pyrrole nitrogens is 1. The van der Waals surface area contributed by atoms with Crippen molar-refractivity contribution in [2.75, 3.05) is 19.9 Å². The van der Waals surface area contributed by atoms with Gasteiger partial charge in [-0.05, 0) is 60.9 Å². The molecular formula is C27H26FNO5S. The van der Waals surface area contributed by atoms with Crippen LogP contribution >= 0.6 is 11.3 Å². The van der Waals surface area contributed by atoms with Crippen molar-refractivity contribution in [3.63, 3.8) is 0 Å². The molecule has 0 atom stereocenters. The fourth-order valence-electron chi connectivity index (χ4n) is 3.51. The van der Waals surface area contributed by atoms with Crippen LogP contribution < -0.4 is 19.1 Å². The minimum absolute atomic E-state index is 0.144. The Bertz CT molecular complexity index is 1290. The number of rotatable bonds is 12. The van der Waals surface area contributed by atoms with Crippen LogP contribution in [0.2, 0.25) is 0 Å². The maximum atomic E-state index is 12.8. The highest BCUT2D eigenvalue weighted by Gasteiger charge is 2.11. The zero-order valence-corrected chi connectivity index (χ0v) is 19.9. The van der Waals surface area contributed by atoms with E-state index in [4.69, 9.17) is 14.2 Å². The van der Waals surface area contributed by atoms with Crippen molar-refractivity contribution in [2.24, 2.45) is 0 Å². The lowest BCUT2D eigenvalue weighted by molar-refractivity contribution is 0.246. The lowest BCUT2D eigenvalue weighted by atomic mass is 10.1. The van der Waals surface area contributed by atoms with Crippen LogP contribution in [-0.4, -0.2) is 30.0 Å². The predicted molar refractivity (Wildman–Crippen MR) is 135 cm³/mol. The Morgan fingerprint density at radius 1 is 0.857 bits per heavy atom. The van der Waals surface area contributed by atoms with Gasteiger partial charge in [-0.2, -0.15) is 0 Å². The second-order valence-electron chi connectivity index (χ2n) is 7.75. The molecule has 2 N–H and O–H groups in total. The number of hydrogen-bond acceptors (Lipinski definition) is 6. The lowest BCUT2D eigenvalue weighted by Gasteiger charge is -2.14. The number of aromatic hydroxyl groups is 1. The fourth-order valence-corrected chi connectivity index (χ4v) is 4.24. The van der Waals surface area contributed by atoms with Crippen molar-refractivity contribution in [3.05, 3.63) is 88.0 Å². The molecule has 3 aromatic carbocycles. The molecule has 0 aliphatic rings. The number of thiazole rings is 1. The van der Waals surface area contributed by atoms with Crippen LogP contribution in [0.15, 0.2) is 77.6 Å². The molecule has 182 valence electrons. The number of hydrogen-bond donors (Lipinski definition) is 2. The van der Waals surface area contributed by atoms with E-state index in [1.54, 1.807) is 18.2 Å². The molecule has 0 saturated carbocycles. The summed E-state index contributed by atoms with van der Waals surface area (Å²) in [7, 11) is 0. The SMILES string of the molecule is O=c1[nH]c(O)c(-c2cccc(OCCCOc3ccc(Oc4ccccc4)cc3CCCF)c2)s1. The minimum atomic E-state index is -0.395. The van der Waals surface area contributed by atoms with Gasteiger partial charge in [-0.3, -0.25) is 14.2 Å². The van der Waals surface area contributed by atoms with Crippen LogP contribution in [0.1, 0.15) is 18.4 Å². The summed E-state index contributed by atoms with van der Waals surface area (Å²) >= 11 is 0.945. The van der Waals surface area contributed by atoms with E-state index in [1.165, 1.54) is 0 Å². The standard InChI is InChI=1S/C27H26FNO5S/c28-14-5-8-19-17-23(34-21-9-2-1-3-10-21)12-13-24(19)33-16-6-15-32-22-11-4-7-20(18-22)25-26(30)29-27(31)35-25/h1-4,7,9-13,17-18,30H,5-6,8,14-16H2,(H,29,31). The first-order valence-electron chi connectivity index (χ1n) is 11.3. The third-order valence-electron chi connectivity index (χ3n) is 5.13. The Morgan fingerprint density at radius 3 is 2.43 bits per heavy atom. The molecule has 1 heterocycles. The molecule has 4 rings (SSSR count). The first kappa shape index (κ1) is 24.3. The molecule has 8 heteroatoms. The summed E-state index contributed by atoms with van der Waals surface area (Å²) in [5, 5.41) is 9.87. The van der Waals surface area contributed by atoms with Gasteiger partial charge in [0.15, 0.2) is 0 Å². The molecule has 1 aromatic heterocycles. The molecule has 0 radical (unpaired) electrons. The topological polar surface area (TPSA) is 80.8 Å². The first-order valence-corrected chi connectivity index (χ1v) is 12.1. The Hall–Kier alpha value is -3.78. The number of halogens is 1. The summed E-state index contributed by atoms with van der Waals surface area (Å²) in [5.41, 5.74) is 1.60. The van der Waals surface area contributed by atoms with Crippen LogP contribution in [0.3, 0.4) is 0 Å². The Morgan fingerprint density at radius 2 is 1.66 bits per heavy atom. The van der Waals surface area contributed by atoms with Crippen molar-refractivity contribution in [3.8, 4) is 39.3 Å². The average molecular weight is 496 g/mol. The highest BCUT2D eigenvalue weighted by molar-refractivity contribution is 7.13. The fraction of sp³-hybridized carbons (Fsp3) is 0.222. The van der Waals surface area contributed by atoms with Crippen LogP contribution in [-0.2, 0) is 6.42 Å². The zero-order valence-electron chi connectivity index (χ0n) is 19.0. The minimum Gasteiger partial charge on any atom is -0.493 e. The highest BCUT2D eigenvalue weighted by atomic mass is 32.1. The second kappa shape index (κ2) is 12.1. The van der Waals surface area contributed by atoms with E-state index in [-0.39, 0.29) is 10.8 Å². The normalized spacial score (nSPS) is 10.8. The molecule has 0 saturated heterocycles. The van der Waals surface area contributed by atoms with Gasteiger partial charge in [0.1, 0.15) is 23.0 Å². The quantitative estimate of drug-likeness (QED) is 0.224. The van der Waals surface area contributed by atoms with Gasteiger partial charge >= 0.3 is 4.87 Å². The van der Waals surface area contributed by atoms with Gasteiger partial charge in [0, 0.05) is 12.0 Å². The molecule has 35 heavy (non-hydrogen) atoms. The smallest absolute Gasteiger partial charge is 0.307 e. The molecule has 4 aromatic rings. The summed E-state index contributed by atoms with van der Waals surface area (Å²) in [6, 6.07) is 22.3. The van der Waals surface area contributed by atoms with Crippen molar-refractivity contribution in [1.29, 1.82) is 0 Å². The van der Waals surface area contributed by atoms with Crippen molar-refractivity contribution < 1.29 is 23.7 Å². The number of alkyl halides is 1. The number of benzene rings is 3. The summed E-state index contributed by atoms with van der Waals surface area (Å²) < 4.78 is 30.5. The number of aryl methyl sites for hydroxylation is 1. The van der Waals surface area contributed by atoms with Gasteiger partial charge in [0.05, 0.1) is 24.8 Å². The van der Waals surface area contributed by atoms with E-state index < -0.39 is 6.67 Å². The Kier molecular flexibility index (Phi) is 8.40. The van der Waals surface area contributed by atoms with Gasteiger partial charge in [0.25, 0.3) is 0 Å². The number of nitrogens with one attached hydrogen (secondary N) is 1. The van der Waals surface area contributed by atoms with E-state index in [0.29, 0.717) is 60.2 Å². The molecule has 0 unspecified atom stereocenters. The molecule has 0 amide bonds. The van der Waals surface area contributed by atoms with E-state index in [0.717, 1.165) is 22.6 Å². The van der Waals surface area contributed by atoms with Crippen molar-refractivity contribution >= 4 is 11.3 Å². The van der Waals surface area contributed by atoms with Gasteiger partial charge in [0.2, 0.25) is 5.88 Å². The molecule has 0 bridgehead atoms. The zero-order chi connectivity index (χ0) is 24.5. The van der Waals surface area contributed by atoms with E-state index in [2.05, 4.69) is 4.98 Å². The summed E-state index contributed by atoms with van der Waals surface area (Å²) in [6.45, 7) is 0.461. The summed E-state index contributed by atoms with van der Waals surface area (Å²) in [4.78, 5) is 14.0. The molecule has 0 fully saturated rings. The first-order chi connectivity index (χ1) is 17.1. The average Bonchev–Trinajstić information content (AvgIpc) is 3.22. The second-order valence-corrected chi connectivity index (χ2v) is 8.73. The van der Waals surface area contributed by atoms with Gasteiger partial charge < -0.3 is 19.3 Å². The maximum Gasteiger partial charge on any atom is 0.307 e. The molecule has 0 aliphatic carbocycles. The van der Waals surface area contributed by atoms with Crippen molar-refractivity contribution in [1.82, 2.24) is 4.98 Å². The molecule has 0 aliphatic heterocycles. The summed E-state index contributed by atoms with van der Waals surface area (Å²) in [5.74, 6) is 2.61. The van der Waals surface area contributed by atoms with Gasteiger partial charge in [-0.1, -0.05) is 41.7 Å². The monoisotopic (exact) mass is 495 g/mol. The van der Waals surface area contributed by atoms with Crippen LogP contribution in [0.25, 0.3) is 10.4 Å². The van der Waals surface area contributed by atoms with Gasteiger partial charge in [-0.15, -0.1) is 0 Å². The predicted octanol–water partition coefficient (Wildman–Crippen LogP) is 6.35. The van der Waals surface area contributed by atoms with E-state index >= 15 is 0 Å². The van der Waals surface area contributed by atoms with E-state index in [1.807, 2.05) is 54.6 Å². The highest BCUT2D eigenvalue weighted by Crippen LogP contribution is 2.32. The maximum absolute atomic E-state index is 12.8. The lowest BCUT2D eigenvalue weighted by Crippen LogP contribution is -2.06. The summed E-state index contributed by atoms with van der Waals surface area (Å²) in [6.07, 6.45) is 1.60. The number of aromatic amines is 1. The third-order valence-corrected chi connectivity index (χ3v) is 6.05. The number of para-hydroxylation sites is 1. The van der Waals surface area contributed by atoms with E-state index in [9.17, 15) is 14.3 Å². The number of ether oxygens (including phenoxy) is 3. The molecule has 6 nitrogen and oxygen atoms in total. The van der Waals surface area contributed by atoms with Crippen molar-refractivity contribution in [2.45, 2.75) is 19.3 Å². The van der Waals surface area contributed by atoms with Crippen LogP contribution in [0, 0.1) is 0 Å². The number of aromatic nitrogens is 1. The Balaban J connectivity index is 1.31. The van der Waals surface area contributed by atoms with Gasteiger partial charge in [-0.25, -0.2) is 0 Å². The van der Waals surface area contributed by atoms with Crippen LogP contribution in [0.4, 0.5) is 4.39 Å². The third kappa shape index (κ3) is 6.86.